The topological polar surface area (TPSA) is 36.4 Å². The molecular weight excluding hydrogens is 342 g/mol. The molecule has 24 heavy (non-hydrogen) atoms. The molecule has 3 rings (SSSR count). The van der Waals surface area contributed by atoms with Gasteiger partial charge in [-0.3, -0.25) is 14.7 Å². The first-order valence-corrected chi connectivity index (χ1v) is 9.34. The van der Waals surface area contributed by atoms with Crippen LogP contribution in [0.1, 0.15) is 5.56 Å². The fourth-order valence-electron chi connectivity index (χ4n) is 2.67. The molecule has 0 N–H and O–H groups in total. The first-order chi connectivity index (χ1) is 11.7. The SMILES string of the molecule is O=C(CSc1ccc(Cl)cc1)N1CCN(Cc2cccnc2)CC1. The number of halogens is 1. The molecule has 1 amide bonds. The number of hydrogen-bond acceptors (Lipinski definition) is 4. The van der Waals surface area contributed by atoms with Gasteiger partial charge in [0.1, 0.15) is 0 Å². The molecule has 0 radical (unpaired) electrons. The largest absolute Gasteiger partial charge is 0.339 e. The summed E-state index contributed by atoms with van der Waals surface area (Å²) in [6, 6.07) is 11.7. The zero-order chi connectivity index (χ0) is 16.8. The lowest BCUT2D eigenvalue weighted by Gasteiger charge is -2.34. The quantitative estimate of drug-likeness (QED) is 0.766. The fraction of sp³-hybridized carbons (Fsp3) is 0.333. The molecule has 1 aromatic carbocycles. The highest BCUT2D eigenvalue weighted by atomic mass is 35.5. The van der Waals surface area contributed by atoms with E-state index in [1.807, 2.05) is 41.4 Å². The number of benzene rings is 1. The first-order valence-electron chi connectivity index (χ1n) is 7.98. The maximum absolute atomic E-state index is 12.4. The lowest BCUT2D eigenvalue weighted by Crippen LogP contribution is -2.48. The molecule has 1 fully saturated rings. The van der Waals surface area contributed by atoms with Gasteiger partial charge in [0.05, 0.1) is 5.75 Å². The molecule has 4 nitrogen and oxygen atoms in total. The Hall–Kier alpha value is -1.56. The number of amides is 1. The molecule has 1 saturated heterocycles. The van der Waals surface area contributed by atoms with Gasteiger partial charge in [0.2, 0.25) is 5.91 Å². The van der Waals surface area contributed by atoms with E-state index in [1.54, 1.807) is 18.0 Å². The molecule has 2 heterocycles. The number of thioether (sulfide) groups is 1. The summed E-state index contributed by atoms with van der Waals surface area (Å²) in [7, 11) is 0. The van der Waals surface area contributed by atoms with Gasteiger partial charge in [0.25, 0.3) is 0 Å². The van der Waals surface area contributed by atoms with Crippen molar-refractivity contribution in [1.82, 2.24) is 14.8 Å². The lowest BCUT2D eigenvalue weighted by molar-refractivity contribution is -0.130. The summed E-state index contributed by atoms with van der Waals surface area (Å²) < 4.78 is 0. The predicted molar refractivity (Wildman–Crippen MR) is 98.3 cm³/mol. The zero-order valence-corrected chi connectivity index (χ0v) is 15.0. The summed E-state index contributed by atoms with van der Waals surface area (Å²) in [6.45, 7) is 4.30. The Morgan fingerprint density at radius 1 is 1.12 bits per heavy atom. The van der Waals surface area contributed by atoms with Crippen LogP contribution in [0.2, 0.25) is 5.02 Å². The van der Waals surface area contributed by atoms with Gasteiger partial charge in [0, 0.05) is 55.0 Å². The summed E-state index contributed by atoms with van der Waals surface area (Å²) in [5.74, 6) is 0.681. The van der Waals surface area contributed by atoms with Crippen LogP contribution in [-0.2, 0) is 11.3 Å². The molecule has 0 aliphatic carbocycles. The van der Waals surface area contributed by atoms with Crippen LogP contribution in [0.5, 0.6) is 0 Å². The number of pyridine rings is 1. The van der Waals surface area contributed by atoms with Crippen molar-refractivity contribution >= 4 is 29.3 Å². The van der Waals surface area contributed by atoms with E-state index in [4.69, 9.17) is 11.6 Å². The number of hydrogen-bond donors (Lipinski definition) is 0. The standard InChI is InChI=1S/C18H20ClN3OS/c19-16-3-5-17(6-4-16)24-14-18(23)22-10-8-21(9-11-22)13-15-2-1-7-20-12-15/h1-7,12H,8-11,13-14H2. The van der Waals surface area contributed by atoms with Crippen molar-refractivity contribution in [2.24, 2.45) is 0 Å². The third-order valence-electron chi connectivity index (χ3n) is 4.03. The average molecular weight is 362 g/mol. The van der Waals surface area contributed by atoms with E-state index in [-0.39, 0.29) is 5.91 Å². The third kappa shape index (κ3) is 4.97. The Morgan fingerprint density at radius 2 is 1.88 bits per heavy atom. The second-order valence-electron chi connectivity index (χ2n) is 5.76. The third-order valence-corrected chi connectivity index (χ3v) is 5.28. The van der Waals surface area contributed by atoms with Crippen molar-refractivity contribution in [3.63, 3.8) is 0 Å². The first kappa shape index (κ1) is 17.3. The highest BCUT2D eigenvalue weighted by Crippen LogP contribution is 2.21. The van der Waals surface area contributed by atoms with E-state index in [9.17, 15) is 4.79 Å². The molecule has 1 aromatic heterocycles. The molecule has 0 spiro atoms. The van der Waals surface area contributed by atoms with Crippen molar-refractivity contribution in [3.8, 4) is 0 Å². The maximum Gasteiger partial charge on any atom is 0.233 e. The van der Waals surface area contributed by atoms with Crippen molar-refractivity contribution in [2.45, 2.75) is 11.4 Å². The molecule has 2 aromatic rings. The second kappa shape index (κ2) is 8.51. The monoisotopic (exact) mass is 361 g/mol. The molecule has 1 aliphatic rings. The van der Waals surface area contributed by atoms with Crippen LogP contribution in [0.25, 0.3) is 0 Å². The predicted octanol–water partition coefficient (Wildman–Crippen LogP) is 3.17. The summed E-state index contributed by atoms with van der Waals surface area (Å²) in [5.41, 5.74) is 1.22. The van der Waals surface area contributed by atoms with Crippen LogP contribution in [0, 0.1) is 0 Å². The highest BCUT2D eigenvalue weighted by molar-refractivity contribution is 8.00. The van der Waals surface area contributed by atoms with Gasteiger partial charge >= 0.3 is 0 Å². The van der Waals surface area contributed by atoms with Crippen LogP contribution in [0.4, 0.5) is 0 Å². The summed E-state index contributed by atoms with van der Waals surface area (Å²) >= 11 is 7.44. The minimum absolute atomic E-state index is 0.205. The zero-order valence-electron chi connectivity index (χ0n) is 13.4. The number of nitrogens with zero attached hydrogens (tertiary/aromatic N) is 3. The van der Waals surface area contributed by atoms with Crippen molar-refractivity contribution in [1.29, 1.82) is 0 Å². The highest BCUT2D eigenvalue weighted by Gasteiger charge is 2.21. The number of rotatable bonds is 5. The Labute approximate surface area is 151 Å². The molecule has 6 heteroatoms. The smallest absolute Gasteiger partial charge is 0.233 e. The molecule has 1 aliphatic heterocycles. The van der Waals surface area contributed by atoms with Gasteiger partial charge in [-0.1, -0.05) is 17.7 Å². The average Bonchev–Trinajstić information content (AvgIpc) is 2.62. The Balaban J connectivity index is 1.42. The number of carbonyl (C=O) groups is 1. The van der Waals surface area contributed by atoms with E-state index in [0.717, 1.165) is 42.6 Å². The minimum atomic E-state index is 0.205. The minimum Gasteiger partial charge on any atom is -0.339 e. The number of piperazine rings is 1. The molecule has 0 unspecified atom stereocenters. The summed E-state index contributed by atoms with van der Waals surface area (Å²) in [4.78, 5) is 21.9. The normalized spacial score (nSPS) is 15.5. The molecule has 0 saturated carbocycles. The van der Waals surface area contributed by atoms with Crippen molar-refractivity contribution in [2.75, 3.05) is 31.9 Å². The summed E-state index contributed by atoms with van der Waals surface area (Å²) in [5, 5.41) is 0.718. The molecule has 0 bridgehead atoms. The van der Waals surface area contributed by atoms with Gasteiger partial charge in [-0.2, -0.15) is 0 Å². The van der Waals surface area contributed by atoms with Gasteiger partial charge in [0.15, 0.2) is 0 Å². The van der Waals surface area contributed by atoms with Crippen LogP contribution in [0.3, 0.4) is 0 Å². The Bertz CT molecular complexity index is 658. The van der Waals surface area contributed by atoms with E-state index in [0.29, 0.717) is 5.75 Å². The molecule has 0 atom stereocenters. The molecule has 126 valence electrons. The molecular formula is C18H20ClN3OS. The van der Waals surface area contributed by atoms with Crippen LogP contribution >= 0.6 is 23.4 Å². The maximum atomic E-state index is 12.4. The van der Waals surface area contributed by atoms with E-state index in [1.165, 1.54) is 5.56 Å². The van der Waals surface area contributed by atoms with Gasteiger partial charge in [-0.05, 0) is 35.9 Å². The van der Waals surface area contributed by atoms with E-state index < -0.39 is 0 Å². The Kier molecular flexibility index (Phi) is 6.12. The van der Waals surface area contributed by atoms with Crippen LogP contribution in [-0.4, -0.2) is 52.6 Å². The van der Waals surface area contributed by atoms with Gasteiger partial charge in [-0.15, -0.1) is 11.8 Å². The van der Waals surface area contributed by atoms with Crippen LogP contribution in [0.15, 0.2) is 53.7 Å². The lowest BCUT2D eigenvalue weighted by atomic mass is 10.2. The van der Waals surface area contributed by atoms with Crippen LogP contribution < -0.4 is 0 Å². The summed E-state index contributed by atoms with van der Waals surface area (Å²) in [6.07, 6.45) is 3.69. The number of aromatic nitrogens is 1. The second-order valence-corrected chi connectivity index (χ2v) is 7.25. The van der Waals surface area contributed by atoms with E-state index in [2.05, 4.69) is 16.0 Å². The van der Waals surface area contributed by atoms with E-state index >= 15 is 0 Å². The number of carbonyl (C=O) groups excluding carboxylic acids is 1. The van der Waals surface area contributed by atoms with Gasteiger partial charge in [-0.25, -0.2) is 0 Å². The van der Waals surface area contributed by atoms with Crippen molar-refractivity contribution in [3.05, 3.63) is 59.4 Å². The van der Waals surface area contributed by atoms with Gasteiger partial charge < -0.3 is 4.90 Å². The fourth-order valence-corrected chi connectivity index (χ4v) is 3.60. The Morgan fingerprint density at radius 3 is 2.54 bits per heavy atom. The van der Waals surface area contributed by atoms with Crippen molar-refractivity contribution < 1.29 is 4.79 Å².